The molecule has 20 heteroatoms. The van der Waals surface area contributed by atoms with E-state index in [-0.39, 0.29) is 57.8 Å². The Bertz CT molecular complexity index is 1480. The van der Waals surface area contributed by atoms with E-state index in [1.165, 1.54) is 0 Å². The maximum Gasteiger partial charge on any atom is 0.389 e. The van der Waals surface area contributed by atoms with Gasteiger partial charge in [-0.05, 0) is 71.9 Å². The van der Waals surface area contributed by atoms with Crippen LogP contribution in [0.5, 0.6) is 0 Å². The van der Waals surface area contributed by atoms with Gasteiger partial charge < -0.3 is 0 Å². The third kappa shape index (κ3) is 15.9. The number of aryl methyl sites for hydroxylation is 6. The van der Waals surface area contributed by atoms with E-state index in [1.54, 1.807) is 0 Å². The van der Waals surface area contributed by atoms with Crippen molar-refractivity contribution in [2.75, 3.05) is 18.0 Å². The summed E-state index contributed by atoms with van der Waals surface area (Å²) in [5.41, 5.74) is -2.13. The normalized spacial score (nSPS) is 15.1. The zero-order valence-electron chi connectivity index (χ0n) is 27.5. The van der Waals surface area contributed by atoms with Gasteiger partial charge in [-0.3, -0.25) is 0 Å². The molecular weight excluding hydrogens is 766 g/mol. The fourth-order valence-corrected chi connectivity index (χ4v) is 5.97. The van der Waals surface area contributed by atoms with Crippen LogP contribution in [0, 0.1) is 0 Å². The van der Waals surface area contributed by atoms with Gasteiger partial charge >= 0.3 is 37.1 Å². The molecule has 300 valence electrons. The van der Waals surface area contributed by atoms with Crippen LogP contribution >= 0.6 is 0 Å². The van der Waals surface area contributed by atoms with Gasteiger partial charge in [0.05, 0.1) is 0 Å². The Morgan fingerprint density at radius 2 is 0.698 bits per heavy atom. The number of benzene rings is 2. The standard InChI is InChI=1S/C33H33F18N2/c34-28(35,36)7-1-20-15-22(3-9-30(40,41)42)26(23(16-20)4-10-31(43,44)45)52-13-14-53(19-52)27-24(5-11-32(46,47)48)17-21(2-8-29(37,38)39)18-25(27)6-12-33(49,50)51/h15-19H,1-14H2/q+1. The summed E-state index contributed by atoms with van der Waals surface area (Å²) in [4.78, 5) is 1.13. The summed E-state index contributed by atoms with van der Waals surface area (Å²) >= 11 is 0. The molecule has 0 bridgehead atoms. The van der Waals surface area contributed by atoms with Crippen LogP contribution in [0.15, 0.2) is 24.3 Å². The molecule has 0 radical (unpaired) electrons. The van der Waals surface area contributed by atoms with Crippen LogP contribution in [0.3, 0.4) is 0 Å². The van der Waals surface area contributed by atoms with Crippen LogP contribution in [-0.2, 0) is 38.5 Å². The lowest BCUT2D eigenvalue weighted by atomic mass is 9.93. The van der Waals surface area contributed by atoms with Crippen molar-refractivity contribution in [2.24, 2.45) is 0 Å². The van der Waals surface area contributed by atoms with E-state index in [2.05, 4.69) is 0 Å². The van der Waals surface area contributed by atoms with Crippen molar-refractivity contribution in [1.82, 2.24) is 0 Å². The van der Waals surface area contributed by atoms with Crippen LogP contribution in [0.4, 0.5) is 90.4 Å². The minimum atomic E-state index is -4.82. The summed E-state index contributed by atoms with van der Waals surface area (Å²) in [6, 6.07) is 3.94. The monoisotopic (exact) mass is 799 g/mol. The molecule has 0 amide bonds. The number of nitrogens with zero attached hydrogens (tertiary/aromatic N) is 2. The SMILES string of the molecule is FC(F)(F)CCc1cc(CCC(F)(F)F)c(N2C=[N+](c3c(CCC(F)(F)F)cc(CCC(F)(F)F)cc3CCC(F)(F)F)CC2)c(CCC(F)(F)F)c1. The number of alkyl halides is 18. The average molecular weight is 800 g/mol. The number of rotatable bonds is 14. The van der Waals surface area contributed by atoms with Gasteiger partial charge in [-0.1, -0.05) is 24.3 Å². The van der Waals surface area contributed by atoms with E-state index in [4.69, 9.17) is 0 Å². The molecule has 2 aromatic carbocycles. The van der Waals surface area contributed by atoms with E-state index in [9.17, 15) is 79.0 Å². The van der Waals surface area contributed by atoms with Crippen molar-refractivity contribution < 1.29 is 83.6 Å². The minimum absolute atomic E-state index is 0.213. The largest absolute Gasteiger partial charge is 0.389 e. The highest BCUT2D eigenvalue weighted by molar-refractivity contribution is 5.82. The summed E-state index contributed by atoms with van der Waals surface area (Å²) in [7, 11) is 0. The van der Waals surface area contributed by atoms with Crippen LogP contribution in [0.1, 0.15) is 71.9 Å². The molecule has 53 heavy (non-hydrogen) atoms. The average Bonchev–Trinajstić information content (AvgIpc) is 3.45. The predicted octanol–water partition coefficient (Wildman–Crippen LogP) is 11.8. The first-order valence-corrected chi connectivity index (χ1v) is 16.0. The van der Waals surface area contributed by atoms with Crippen molar-refractivity contribution >= 4 is 17.7 Å². The van der Waals surface area contributed by atoms with Crippen LogP contribution in [-0.4, -0.2) is 61.1 Å². The van der Waals surface area contributed by atoms with Crippen LogP contribution in [0.25, 0.3) is 0 Å². The number of halogens is 18. The molecule has 1 aliphatic heterocycles. The molecule has 0 saturated carbocycles. The molecule has 0 N–H and O–H groups in total. The predicted molar refractivity (Wildman–Crippen MR) is 157 cm³/mol. The molecule has 1 aliphatic rings. The minimum Gasteiger partial charge on any atom is -0.229 e. The summed E-state index contributed by atoms with van der Waals surface area (Å²) in [5.74, 6) is 0. The molecule has 0 aliphatic carbocycles. The first-order chi connectivity index (χ1) is 24.0. The molecule has 0 saturated heterocycles. The highest BCUT2D eigenvalue weighted by Gasteiger charge is 2.37. The van der Waals surface area contributed by atoms with Gasteiger partial charge in [-0.2, -0.15) is 79.0 Å². The van der Waals surface area contributed by atoms with E-state index < -0.39 is 114 Å². The quantitative estimate of drug-likeness (QED) is 0.136. The fourth-order valence-electron chi connectivity index (χ4n) is 5.97. The lowest BCUT2D eigenvalue weighted by molar-refractivity contribution is -0.425. The Hall–Kier alpha value is -3.35. The maximum absolute atomic E-state index is 13.3. The zero-order chi connectivity index (χ0) is 40.2. The zero-order valence-corrected chi connectivity index (χ0v) is 27.5. The molecule has 0 fully saturated rings. The van der Waals surface area contributed by atoms with Crippen molar-refractivity contribution in [3.63, 3.8) is 0 Å². The van der Waals surface area contributed by atoms with E-state index in [0.29, 0.717) is 0 Å². The lowest BCUT2D eigenvalue weighted by Crippen LogP contribution is -2.23. The third-order valence-corrected chi connectivity index (χ3v) is 8.20. The van der Waals surface area contributed by atoms with Gasteiger partial charge in [0.1, 0.15) is 24.5 Å². The number of hydrogen-bond donors (Lipinski definition) is 0. The molecular formula is C33H33F18N2+. The van der Waals surface area contributed by atoms with E-state index in [0.717, 1.165) is 40.1 Å². The third-order valence-electron chi connectivity index (χ3n) is 8.20. The van der Waals surface area contributed by atoms with Gasteiger partial charge in [0, 0.05) is 38.5 Å². The van der Waals surface area contributed by atoms with Crippen molar-refractivity contribution in [1.29, 1.82) is 0 Å². The maximum atomic E-state index is 13.3. The molecule has 0 atom stereocenters. The second-order valence-electron chi connectivity index (χ2n) is 12.7. The second kappa shape index (κ2) is 16.6. The molecule has 0 unspecified atom stereocenters. The number of hydrogen-bond acceptors (Lipinski definition) is 1. The summed E-state index contributed by atoms with van der Waals surface area (Å²) in [5, 5.41) is 0. The molecule has 0 aromatic heterocycles. The fraction of sp³-hybridized carbons (Fsp3) is 0.606. The summed E-state index contributed by atoms with van der Waals surface area (Å²) in [6.45, 7) is -0.597. The Morgan fingerprint density at radius 3 is 1.02 bits per heavy atom. The van der Waals surface area contributed by atoms with E-state index in [1.807, 2.05) is 0 Å². The molecule has 1 heterocycles. The van der Waals surface area contributed by atoms with Crippen LogP contribution < -0.4 is 4.90 Å². The highest BCUT2D eigenvalue weighted by Crippen LogP contribution is 2.39. The Balaban J connectivity index is 2.26. The molecule has 2 aromatic rings. The topological polar surface area (TPSA) is 6.25 Å². The van der Waals surface area contributed by atoms with Crippen molar-refractivity contribution in [3.8, 4) is 0 Å². The molecule has 3 rings (SSSR count). The van der Waals surface area contributed by atoms with Gasteiger partial charge in [0.2, 0.25) is 6.34 Å². The number of anilines is 1. The summed E-state index contributed by atoms with van der Waals surface area (Å²) < 4.78 is 239. The van der Waals surface area contributed by atoms with Gasteiger partial charge in [0.15, 0.2) is 0 Å². The van der Waals surface area contributed by atoms with Crippen molar-refractivity contribution in [3.05, 3.63) is 57.6 Å². The highest BCUT2D eigenvalue weighted by atomic mass is 19.4. The molecule has 0 spiro atoms. The summed E-state index contributed by atoms with van der Waals surface area (Å²) in [6.07, 6.45) is -41.9. The Labute approximate surface area is 291 Å². The van der Waals surface area contributed by atoms with Crippen LogP contribution in [0.2, 0.25) is 0 Å². The van der Waals surface area contributed by atoms with E-state index >= 15 is 0 Å². The first kappa shape index (κ1) is 44.0. The lowest BCUT2D eigenvalue weighted by Gasteiger charge is -2.20. The van der Waals surface area contributed by atoms with Gasteiger partial charge in [-0.15, -0.1) is 0 Å². The smallest absolute Gasteiger partial charge is 0.229 e. The first-order valence-electron chi connectivity index (χ1n) is 16.0. The molecule has 2 nitrogen and oxygen atoms in total. The Morgan fingerprint density at radius 1 is 0.415 bits per heavy atom. The van der Waals surface area contributed by atoms with Crippen molar-refractivity contribution in [2.45, 2.75) is 114 Å². The van der Waals surface area contributed by atoms with Gasteiger partial charge in [0.25, 0.3) is 0 Å². The Kier molecular flexibility index (Phi) is 13.8. The van der Waals surface area contributed by atoms with Gasteiger partial charge in [-0.25, -0.2) is 9.48 Å². The second-order valence-corrected chi connectivity index (χ2v) is 12.7.